The number of nitrogens with zero attached hydrogens (tertiary/aromatic N) is 2. The van der Waals surface area contributed by atoms with Crippen LogP contribution in [-0.4, -0.2) is 28.8 Å². The summed E-state index contributed by atoms with van der Waals surface area (Å²) >= 11 is 0. The zero-order chi connectivity index (χ0) is 18.5. The maximum atomic E-state index is 13.0. The average Bonchev–Trinajstić information content (AvgIpc) is 2.75. The fraction of sp³-hybridized carbons (Fsp3) is 0.250. The molecule has 1 atom stereocenters. The number of likely N-dealkylation sites (tertiary alicyclic amines) is 1. The standard InChI is InChI=1S/C24H24N2O/c27-24(22-10-8-21(9-11-22)20-5-2-1-3-6-20)23-7-4-16-26(18-23)17-19-12-14-25-15-13-19/h1-3,5-6,8-15,23H,4,7,16-18H2/t23-/m1/s1. The lowest BCUT2D eigenvalue weighted by molar-refractivity contribution is 0.0811. The first-order chi connectivity index (χ1) is 13.3. The van der Waals surface area contributed by atoms with Crippen LogP contribution in [0.25, 0.3) is 11.1 Å². The zero-order valence-electron chi connectivity index (χ0n) is 15.4. The van der Waals surface area contributed by atoms with E-state index in [0.29, 0.717) is 0 Å². The Morgan fingerprint density at radius 3 is 2.37 bits per heavy atom. The summed E-state index contributed by atoms with van der Waals surface area (Å²) in [6.07, 6.45) is 5.71. The summed E-state index contributed by atoms with van der Waals surface area (Å²) in [6, 6.07) is 22.4. The highest BCUT2D eigenvalue weighted by Gasteiger charge is 2.26. The van der Waals surface area contributed by atoms with E-state index in [0.717, 1.165) is 43.6 Å². The zero-order valence-corrected chi connectivity index (χ0v) is 15.4. The molecule has 2 aromatic carbocycles. The number of rotatable bonds is 5. The average molecular weight is 356 g/mol. The van der Waals surface area contributed by atoms with Gasteiger partial charge < -0.3 is 0 Å². The van der Waals surface area contributed by atoms with Gasteiger partial charge in [-0.1, -0.05) is 54.6 Å². The van der Waals surface area contributed by atoms with Crippen molar-refractivity contribution in [2.75, 3.05) is 13.1 Å². The normalized spacial score (nSPS) is 17.6. The molecule has 3 nitrogen and oxygen atoms in total. The van der Waals surface area contributed by atoms with Crippen molar-refractivity contribution in [3.8, 4) is 11.1 Å². The summed E-state index contributed by atoms with van der Waals surface area (Å²) in [4.78, 5) is 19.5. The second-order valence-electron chi connectivity index (χ2n) is 7.24. The molecule has 27 heavy (non-hydrogen) atoms. The van der Waals surface area contributed by atoms with Gasteiger partial charge in [0.25, 0.3) is 0 Å². The first kappa shape index (κ1) is 17.6. The molecule has 0 amide bonds. The van der Waals surface area contributed by atoms with Crippen LogP contribution in [0.4, 0.5) is 0 Å². The van der Waals surface area contributed by atoms with Crippen molar-refractivity contribution in [3.05, 3.63) is 90.3 Å². The molecule has 1 saturated heterocycles. The van der Waals surface area contributed by atoms with Gasteiger partial charge in [0.1, 0.15) is 0 Å². The van der Waals surface area contributed by atoms with E-state index < -0.39 is 0 Å². The molecular formula is C24H24N2O. The molecule has 1 fully saturated rings. The molecule has 0 radical (unpaired) electrons. The van der Waals surface area contributed by atoms with E-state index in [1.807, 2.05) is 54.9 Å². The highest BCUT2D eigenvalue weighted by atomic mass is 16.1. The van der Waals surface area contributed by atoms with Crippen molar-refractivity contribution in [1.82, 2.24) is 9.88 Å². The van der Waals surface area contributed by atoms with E-state index in [1.165, 1.54) is 11.1 Å². The summed E-state index contributed by atoms with van der Waals surface area (Å²) in [5, 5.41) is 0. The van der Waals surface area contributed by atoms with E-state index in [1.54, 1.807) is 0 Å². The molecule has 3 heteroatoms. The summed E-state index contributed by atoms with van der Waals surface area (Å²) in [7, 11) is 0. The van der Waals surface area contributed by atoms with E-state index >= 15 is 0 Å². The van der Waals surface area contributed by atoms with Gasteiger partial charge in [0.2, 0.25) is 0 Å². The van der Waals surface area contributed by atoms with Gasteiger partial charge in [0, 0.05) is 37.0 Å². The molecule has 1 aliphatic heterocycles. The molecule has 0 unspecified atom stereocenters. The fourth-order valence-electron chi connectivity index (χ4n) is 3.85. The van der Waals surface area contributed by atoms with Crippen LogP contribution in [0.5, 0.6) is 0 Å². The number of ketones is 1. The number of piperidine rings is 1. The van der Waals surface area contributed by atoms with Crippen molar-refractivity contribution in [2.45, 2.75) is 19.4 Å². The van der Waals surface area contributed by atoms with Gasteiger partial charge in [-0.3, -0.25) is 14.7 Å². The predicted octanol–water partition coefficient (Wildman–Crippen LogP) is 4.84. The van der Waals surface area contributed by atoms with Gasteiger partial charge in [-0.15, -0.1) is 0 Å². The lowest BCUT2D eigenvalue weighted by atomic mass is 9.89. The van der Waals surface area contributed by atoms with Crippen LogP contribution in [-0.2, 0) is 6.54 Å². The first-order valence-corrected chi connectivity index (χ1v) is 9.60. The SMILES string of the molecule is O=C(c1ccc(-c2ccccc2)cc1)[C@@H]1CCCN(Cc2ccncc2)C1. The second-order valence-corrected chi connectivity index (χ2v) is 7.24. The minimum Gasteiger partial charge on any atom is -0.298 e. The summed E-state index contributed by atoms with van der Waals surface area (Å²) < 4.78 is 0. The number of aromatic nitrogens is 1. The maximum Gasteiger partial charge on any atom is 0.167 e. The van der Waals surface area contributed by atoms with Crippen LogP contribution < -0.4 is 0 Å². The third-order valence-electron chi connectivity index (χ3n) is 5.31. The fourth-order valence-corrected chi connectivity index (χ4v) is 3.85. The van der Waals surface area contributed by atoms with E-state index in [2.05, 4.69) is 34.1 Å². The third-order valence-corrected chi connectivity index (χ3v) is 5.31. The smallest absolute Gasteiger partial charge is 0.167 e. The Kier molecular flexibility index (Phi) is 5.40. The quantitative estimate of drug-likeness (QED) is 0.613. The molecule has 136 valence electrons. The first-order valence-electron chi connectivity index (χ1n) is 9.60. The Labute approximate surface area is 160 Å². The number of Topliss-reactive ketones (excluding diaryl/α,β-unsaturated/α-hetero) is 1. The molecule has 3 aromatic rings. The summed E-state index contributed by atoms with van der Waals surface area (Å²) in [6.45, 7) is 2.78. The van der Waals surface area contributed by atoms with Crippen molar-refractivity contribution in [3.63, 3.8) is 0 Å². The number of pyridine rings is 1. The molecule has 4 rings (SSSR count). The van der Waals surface area contributed by atoms with Crippen LogP contribution in [0.15, 0.2) is 79.1 Å². The number of benzene rings is 2. The molecule has 1 aliphatic rings. The highest BCUT2D eigenvalue weighted by molar-refractivity contribution is 5.98. The molecule has 0 saturated carbocycles. The van der Waals surface area contributed by atoms with Gasteiger partial charge in [-0.25, -0.2) is 0 Å². The van der Waals surface area contributed by atoms with Gasteiger partial charge in [0.05, 0.1) is 0 Å². The van der Waals surface area contributed by atoms with Gasteiger partial charge in [0.15, 0.2) is 5.78 Å². The summed E-state index contributed by atoms with van der Waals surface area (Å²) in [5.74, 6) is 0.359. The van der Waals surface area contributed by atoms with E-state index in [4.69, 9.17) is 0 Å². The van der Waals surface area contributed by atoms with Crippen LogP contribution in [0.1, 0.15) is 28.8 Å². The Balaban J connectivity index is 1.42. The molecule has 0 N–H and O–H groups in total. The molecule has 1 aromatic heterocycles. The Bertz CT molecular complexity index is 875. The lowest BCUT2D eigenvalue weighted by Gasteiger charge is -2.32. The maximum absolute atomic E-state index is 13.0. The van der Waals surface area contributed by atoms with Crippen molar-refractivity contribution in [2.24, 2.45) is 5.92 Å². The van der Waals surface area contributed by atoms with Crippen molar-refractivity contribution < 1.29 is 4.79 Å². The largest absolute Gasteiger partial charge is 0.298 e. The van der Waals surface area contributed by atoms with Crippen LogP contribution >= 0.6 is 0 Å². The molecule has 0 spiro atoms. The van der Waals surface area contributed by atoms with Crippen LogP contribution in [0, 0.1) is 5.92 Å². The van der Waals surface area contributed by atoms with Gasteiger partial charge in [-0.2, -0.15) is 0 Å². The Hall–Kier alpha value is -2.78. The number of carbonyl (C=O) groups excluding carboxylic acids is 1. The van der Waals surface area contributed by atoms with Gasteiger partial charge in [-0.05, 0) is 48.2 Å². The highest BCUT2D eigenvalue weighted by Crippen LogP contribution is 2.24. The van der Waals surface area contributed by atoms with E-state index in [-0.39, 0.29) is 11.7 Å². The van der Waals surface area contributed by atoms with E-state index in [9.17, 15) is 4.79 Å². The molecular weight excluding hydrogens is 332 g/mol. The Morgan fingerprint density at radius 1 is 0.926 bits per heavy atom. The number of hydrogen-bond donors (Lipinski definition) is 0. The molecule has 0 bridgehead atoms. The third kappa shape index (κ3) is 4.32. The lowest BCUT2D eigenvalue weighted by Crippen LogP contribution is -2.38. The molecule has 2 heterocycles. The van der Waals surface area contributed by atoms with Crippen molar-refractivity contribution in [1.29, 1.82) is 0 Å². The Morgan fingerprint density at radius 2 is 1.63 bits per heavy atom. The number of carbonyl (C=O) groups is 1. The summed E-state index contributed by atoms with van der Waals surface area (Å²) in [5.41, 5.74) is 4.41. The van der Waals surface area contributed by atoms with Crippen LogP contribution in [0.3, 0.4) is 0 Å². The molecule has 0 aliphatic carbocycles. The second kappa shape index (κ2) is 8.28. The number of hydrogen-bond acceptors (Lipinski definition) is 3. The van der Waals surface area contributed by atoms with Crippen molar-refractivity contribution >= 4 is 5.78 Å². The topological polar surface area (TPSA) is 33.2 Å². The monoisotopic (exact) mass is 356 g/mol. The predicted molar refractivity (Wildman–Crippen MR) is 108 cm³/mol. The minimum atomic E-state index is 0.0863. The van der Waals surface area contributed by atoms with Crippen LogP contribution in [0.2, 0.25) is 0 Å². The van der Waals surface area contributed by atoms with Gasteiger partial charge >= 0.3 is 0 Å². The minimum absolute atomic E-state index is 0.0863.